The summed E-state index contributed by atoms with van der Waals surface area (Å²) < 4.78 is 5.00. The molecular weight excluding hydrogens is 308 g/mol. The quantitative estimate of drug-likeness (QED) is 0.516. The Kier molecular flexibility index (Phi) is 5.04. The standard InChI is InChI=1S/C19H18O5/c1-19(2,13-3-7-15(20)8-4-13)14-5-9-16(10-6-14)24-18(23)12-11-17(21)22/h3-12,20H,1-2H3,(H,21,22)/p-1/b12-11+. The maximum Gasteiger partial charge on any atom is 0.336 e. The van der Waals surface area contributed by atoms with Crippen LogP contribution in [0.5, 0.6) is 11.5 Å². The SMILES string of the molecule is CC(C)(c1ccc(O)cc1)c1ccc(OC(=O)/C=C/C(=O)[O-])cc1. The average molecular weight is 325 g/mol. The third-order valence-electron chi connectivity index (χ3n) is 3.74. The minimum Gasteiger partial charge on any atom is -0.545 e. The Labute approximate surface area is 139 Å². The zero-order valence-electron chi connectivity index (χ0n) is 13.4. The molecule has 0 heterocycles. The van der Waals surface area contributed by atoms with E-state index in [0.29, 0.717) is 11.8 Å². The highest BCUT2D eigenvalue weighted by Crippen LogP contribution is 2.33. The van der Waals surface area contributed by atoms with Gasteiger partial charge in [0, 0.05) is 11.5 Å². The van der Waals surface area contributed by atoms with Gasteiger partial charge in [0.15, 0.2) is 0 Å². The molecular formula is C19H17O5-. The van der Waals surface area contributed by atoms with Crippen molar-refractivity contribution in [3.8, 4) is 11.5 Å². The van der Waals surface area contributed by atoms with Crippen LogP contribution >= 0.6 is 0 Å². The number of ether oxygens (including phenoxy) is 1. The molecule has 0 unspecified atom stereocenters. The fourth-order valence-electron chi connectivity index (χ4n) is 2.27. The lowest BCUT2D eigenvalue weighted by atomic mass is 9.78. The number of aliphatic carboxylic acids is 1. The average Bonchev–Trinajstić information content (AvgIpc) is 2.54. The first-order valence-corrected chi connectivity index (χ1v) is 7.30. The van der Waals surface area contributed by atoms with E-state index in [4.69, 9.17) is 4.74 Å². The number of benzene rings is 2. The van der Waals surface area contributed by atoms with Gasteiger partial charge >= 0.3 is 5.97 Å². The van der Waals surface area contributed by atoms with Crippen LogP contribution in [0.15, 0.2) is 60.7 Å². The minimum atomic E-state index is -1.46. The molecule has 2 aromatic rings. The minimum absolute atomic E-state index is 0.210. The molecule has 0 aliphatic carbocycles. The molecule has 0 fully saturated rings. The van der Waals surface area contributed by atoms with Gasteiger partial charge in [-0.1, -0.05) is 38.1 Å². The van der Waals surface area contributed by atoms with Crippen LogP contribution in [-0.2, 0) is 15.0 Å². The molecule has 0 radical (unpaired) electrons. The van der Waals surface area contributed by atoms with E-state index >= 15 is 0 Å². The monoisotopic (exact) mass is 325 g/mol. The molecule has 5 nitrogen and oxygen atoms in total. The van der Waals surface area contributed by atoms with E-state index in [9.17, 15) is 19.8 Å². The molecule has 0 amide bonds. The highest BCUT2D eigenvalue weighted by Gasteiger charge is 2.23. The Balaban J connectivity index is 2.15. The largest absolute Gasteiger partial charge is 0.545 e. The fraction of sp³-hybridized carbons (Fsp3) is 0.158. The van der Waals surface area contributed by atoms with Crippen molar-refractivity contribution in [2.24, 2.45) is 0 Å². The van der Waals surface area contributed by atoms with Crippen LogP contribution in [0.2, 0.25) is 0 Å². The number of phenolic OH excluding ortho intramolecular Hbond substituents is 1. The van der Waals surface area contributed by atoms with Crippen LogP contribution in [0.3, 0.4) is 0 Å². The predicted octanol–water partition coefficient (Wildman–Crippen LogP) is 1.93. The third-order valence-corrected chi connectivity index (χ3v) is 3.74. The van der Waals surface area contributed by atoms with Gasteiger partial charge in [-0.2, -0.15) is 0 Å². The summed E-state index contributed by atoms with van der Waals surface area (Å²) in [5.74, 6) is -1.72. The van der Waals surface area contributed by atoms with E-state index in [1.54, 1.807) is 24.3 Å². The van der Waals surface area contributed by atoms with Gasteiger partial charge in [-0.3, -0.25) is 0 Å². The summed E-state index contributed by atoms with van der Waals surface area (Å²) in [4.78, 5) is 21.7. The number of hydrogen-bond acceptors (Lipinski definition) is 5. The smallest absolute Gasteiger partial charge is 0.336 e. The Bertz CT molecular complexity index is 755. The van der Waals surface area contributed by atoms with Gasteiger partial charge < -0.3 is 19.7 Å². The Morgan fingerprint density at radius 1 is 0.958 bits per heavy atom. The molecule has 0 aliphatic rings. The van der Waals surface area contributed by atoms with Crippen molar-refractivity contribution in [1.29, 1.82) is 0 Å². The number of hydrogen-bond donors (Lipinski definition) is 1. The first-order valence-electron chi connectivity index (χ1n) is 7.30. The van der Waals surface area contributed by atoms with Gasteiger partial charge in [0.05, 0.1) is 5.97 Å². The Morgan fingerprint density at radius 2 is 1.46 bits per heavy atom. The summed E-state index contributed by atoms with van der Waals surface area (Å²) in [6.07, 6.45) is 1.41. The molecule has 0 aliphatic heterocycles. The van der Waals surface area contributed by atoms with Crippen LogP contribution in [0.25, 0.3) is 0 Å². The van der Waals surface area contributed by atoms with E-state index in [-0.39, 0.29) is 11.2 Å². The molecule has 2 aromatic carbocycles. The summed E-state index contributed by atoms with van der Waals surface area (Å²) in [7, 11) is 0. The first-order chi connectivity index (χ1) is 11.3. The summed E-state index contributed by atoms with van der Waals surface area (Å²) >= 11 is 0. The molecule has 0 saturated heterocycles. The summed E-state index contributed by atoms with van der Waals surface area (Å²) in [6, 6.07) is 13.9. The van der Waals surface area contributed by atoms with Crippen molar-refractivity contribution in [2.75, 3.05) is 0 Å². The van der Waals surface area contributed by atoms with Crippen molar-refractivity contribution < 1.29 is 24.5 Å². The van der Waals surface area contributed by atoms with Crippen LogP contribution in [0.1, 0.15) is 25.0 Å². The first kappa shape index (κ1) is 17.3. The second-order valence-electron chi connectivity index (χ2n) is 5.77. The van der Waals surface area contributed by atoms with Gasteiger partial charge in [0.25, 0.3) is 0 Å². The Hall–Kier alpha value is -3.08. The van der Waals surface area contributed by atoms with Crippen molar-refractivity contribution in [3.05, 3.63) is 71.8 Å². The van der Waals surface area contributed by atoms with Crippen molar-refractivity contribution in [1.82, 2.24) is 0 Å². The normalized spacial score (nSPS) is 11.4. The predicted molar refractivity (Wildman–Crippen MR) is 86.5 cm³/mol. The second kappa shape index (κ2) is 7.00. The molecule has 0 spiro atoms. The van der Waals surface area contributed by atoms with Gasteiger partial charge in [0.2, 0.25) is 0 Å². The van der Waals surface area contributed by atoms with Crippen molar-refractivity contribution in [2.45, 2.75) is 19.3 Å². The molecule has 5 heteroatoms. The molecule has 0 saturated carbocycles. The number of carboxylic acid groups (broad SMARTS) is 1. The third kappa shape index (κ3) is 4.23. The number of phenols is 1. The zero-order valence-corrected chi connectivity index (χ0v) is 13.4. The lowest BCUT2D eigenvalue weighted by Crippen LogP contribution is -2.19. The molecule has 0 aromatic heterocycles. The number of esters is 1. The van der Waals surface area contributed by atoms with Crippen molar-refractivity contribution in [3.63, 3.8) is 0 Å². The van der Waals surface area contributed by atoms with E-state index in [2.05, 4.69) is 0 Å². The Morgan fingerprint density at radius 3 is 1.96 bits per heavy atom. The highest BCUT2D eigenvalue weighted by atomic mass is 16.5. The molecule has 24 heavy (non-hydrogen) atoms. The van der Waals surface area contributed by atoms with E-state index in [0.717, 1.165) is 17.2 Å². The van der Waals surface area contributed by atoms with Gasteiger partial charge in [-0.05, 0) is 41.5 Å². The maximum absolute atomic E-state index is 11.4. The van der Waals surface area contributed by atoms with Gasteiger partial charge in [-0.25, -0.2) is 4.79 Å². The lowest BCUT2D eigenvalue weighted by Gasteiger charge is -2.26. The van der Waals surface area contributed by atoms with Gasteiger partial charge in [-0.15, -0.1) is 0 Å². The molecule has 1 N–H and O–H groups in total. The number of carbonyl (C=O) groups is 2. The van der Waals surface area contributed by atoms with Crippen LogP contribution in [0.4, 0.5) is 0 Å². The van der Waals surface area contributed by atoms with E-state index in [1.165, 1.54) is 0 Å². The molecule has 0 atom stereocenters. The lowest BCUT2D eigenvalue weighted by molar-refractivity contribution is -0.297. The summed E-state index contributed by atoms with van der Waals surface area (Å²) in [5, 5.41) is 19.6. The fourth-order valence-corrected chi connectivity index (χ4v) is 2.27. The molecule has 2 rings (SSSR count). The van der Waals surface area contributed by atoms with Crippen molar-refractivity contribution >= 4 is 11.9 Å². The second-order valence-corrected chi connectivity index (χ2v) is 5.77. The summed E-state index contributed by atoms with van der Waals surface area (Å²) in [5.41, 5.74) is 1.73. The van der Waals surface area contributed by atoms with E-state index < -0.39 is 11.9 Å². The van der Waals surface area contributed by atoms with Crippen LogP contribution in [-0.4, -0.2) is 17.0 Å². The molecule has 0 bridgehead atoms. The zero-order chi connectivity index (χ0) is 17.7. The van der Waals surface area contributed by atoms with Crippen LogP contribution < -0.4 is 9.84 Å². The van der Waals surface area contributed by atoms with E-state index in [1.807, 2.05) is 38.1 Å². The number of carbonyl (C=O) groups excluding carboxylic acids is 2. The topological polar surface area (TPSA) is 86.7 Å². The van der Waals surface area contributed by atoms with Crippen LogP contribution in [0, 0.1) is 0 Å². The number of rotatable bonds is 5. The van der Waals surface area contributed by atoms with Gasteiger partial charge in [0.1, 0.15) is 11.5 Å². The maximum atomic E-state index is 11.4. The molecule has 124 valence electrons. The summed E-state index contributed by atoms with van der Waals surface area (Å²) in [6.45, 7) is 4.09. The highest BCUT2D eigenvalue weighted by molar-refractivity contribution is 5.91. The number of aromatic hydroxyl groups is 1. The number of carboxylic acids is 1.